The van der Waals surface area contributed by atoms with Crippen LogP contribution in [-0.2, 0) is 0 Å². The van der Waals surface area contributed by atoms with Gasteiger partial charge in [0.1, 0.15) is 5.82 Å². The molecule has 2 rings (SSSR count). The summed E-state index contributed by atoms with van der Waals surface area (Å²) < 4.78 is 32.0. The van der Waals surface area contributed by atoms with E-state index in [-0.39, 0.29) is 36.2 Å². The van der Waals surface area contributed by atoms with Gasteiger partial charge in [0.15, 0.2) is 11.6 Å². The molecule has 0 bridgehead atoms. The van der Waals surface area contributed by atoms with Crippen molar-refractivity contribution in [2.45, 2.75) is 32.4 Å². The molecule has 0 aliphatic carbocycles. The summed E-state index contributed by atoms with van der Waals surface area (Å²) in [4.78, 5) is 12.4. The number of nitrogens with one attached hydrogen (secondary N) is 1. The van der Waals surface area contributed by atoms with Gasteiger partial charge in [0.25, 0.3) is 5.91 Å². The number of carbonyl (C=O) groups excluding carboxylic acids is 1. The van der Waals surface area contributed by atoms with Crippen molar-refractivity contribution in [1.82, 2.24) is 5.32 Å². The number of carbonyl (C=O) groups is 1. The molecule has 0 heterocycles. The summed E-state index contributed by atoms with van der Waals surface area (Å²) >= 11 is 0. The first-order chi connectivity index (χ1) is 11.9. The zero-order valence-corrected chi connectivity index (χ0v) is 14.1. The molecule has 2 unspecified atom stereocenters. The number of benzene rings is 2. The number of aliphatic hydroxyl groups excluding tert-OH is 1. The third-order valence-electron chi connectivity index (χ3n) is 3.71. The molecule has 0 aliphatic rings. The van der Waals surface area contributed by atoms with Crippen molar-refractivity contribution in [3.63, 3.8) is 0 Å². The van der Waals surface area contributed by atoms with E-state index in [1.54, 1.807) is 13.8 Å². The normalized spacial score (nSPS) is 13.2. The standard InChI is InChI=1S/C19H21F2NO3/c1-3-25-18-15(5-4-6-16(18)21)19(24)22-12(2)11-17(23)13-7-9-14(20)10-8-13/h4-10,12,17,23H,3,11H2,1-2H3,(H,22,24). The number of ether oxygens (including phenoxy) is 1. The Morgan fingerprint density at radius 2 is 1.88 bits per heavy atom. The number of amides is 1. The second-order valence-corrected chi connectivity index (χ2v) is 5.73. The highest BCUT2D eigenvalue weighted by molar-refractivity contribution is 5.97. The molecule has 0 radical (unpaired) electrons. The van der Waals surface area contributed by atoms with E-state index in [0.29, 0.717) is 5.56 Å². The number of halogens is 2. The minimum atomic E-state index is -0.852. The van der Waals surface area contributed by atoms with Crippen LogP contribution in [0.3, 0.4) is 0 Å². The molecule has 4 nitrogen and oxygen atoms in total. The molecule has 0 saturated heterocycles. The number of hydrogen-bond acceptors (Lipinski definition) is 3. The van der Waals surface area contributed by atoms with Crippen molar-refractivity contribution in [3.8, 4) is 5.75 Å². The molecule has 0 aromatic heterocycles. The van der Waals surface area contributed by atoms with E-state index < -0.39 is 17.8 Å². The lowest BCUT2D eigenvalue weighted by Gasteiger charge is -2.19. The van der Waals surface area contributed by atoms with Gasteiger partial charge in [-0.1, -0.05) is 18.2 Å². The van der Waals surface area contributed by atoms with E-state index in [1.165, 1.54) is 42.5 Å². The molecule has 6 heteroatoms. The quantitative estimate of drug-likeness (QED) is 0.803. The minimum absolute atomic E-state index is 0.0891. The fraction of sp³-hybridized carbons (Fsp3) is 0.316. The van der Waals surface area contributed by atoms with Crippen LogP contribution in [0.5, 0.6) is 5.75 Å². The maximum Gasteiger partial charge on any atom is 0.255 e. The summed E-state index contributed by atoms with van der Waals surface area (Å²) in [5, 5.41) is 12.9. The number of para-hydroxylation sites is 1. The van der Waals surface area contributed by atoms with Gasteiger partial charge >= 0.3 is 0 Å². The van der Waals surface area contributed by atoms with E-state index in [9.17, 15) is 18.7 Å². The third kappa shape index (κ3) is 5.00. The summed E-state index contributed by atoms with van der Waals surface area (Å²) in [6.45, 7) is 3.67. The van der Waals surface area contributed by atoms with Crippen LogP contribution >= 0.6 is 0 Å². The molecule has 2 aromatic carbocycles. The van der Waals surface area contributed by atoms with Gasteiger partial charge in [-0.25, -0.2) is 8.78 Å². The van der Waals surface area contributed by atoms with Gasteiger partial charge in [-0.2, -0.15) is 0 Å². The Labute approximate surface area is 145 Å². The predicted octanol–water partition coefficient (Wildman–Crippen LogP) is 3.61. The van der Waals surface area contributed by atoms with E-state index in [1.807, 2.05) is 0 Å². The van der Waals surface area contributed by atoms with Crippen LogP contribution in [-0.4, -0.2) is 23.7 Å². The molecule has 134 valence electrons. The topological polar surface area (TPSA) is 58.6 Å². The second kappa shape index (κ2) is 8.58. The molecular formula is C19H21F2NO3. The highest BCUT2D eigenvalue weighted by atomic mass is 19.1. The maximum atomic E-state index is 13.8. The first-order valence-electron chi connectivity index (χ1n) is 8.08. The van der Waals surface area contributed by atoms with Crippen LogP contribution in [0, 0.1) is 11.6 Å². The molecule has 0 spiro atoms. The molecule has 0 fully saturated rings. The van der Waals surface area contributed by atoms with Crippen LogP contribution in [0.15, 0.2) is 42.5 Å². The van der Waals surface area contributed by atoms with Crippen molar-refractivity contribution in [3.05, 3.63) is 65.2 Å². The van der Waals surface area contributed by atoms with Crippen LogP contribution in [0.2, 0.25) is 0 Å². The lowest BCUT2D eigenvalue weighted by atomic mass is 10.0. The zero-order valence-electron chi connectivity index (χ0n) is 14.1. The van der Waals surface area contributed by atoms with Crippen molar-refractivity contribution < 1.29 is 23.4 Å². The molecule has 2 aromatic rings. The smallest absolute Gasteiger partial charge is 0.255 e. The van der Waals surface area contributed by atoms with Gasteiger partial charge in [-0.3, -0.25) is 4.79 Å². The fourth-order valence-corrected chi connectivity index (χ4v) is 2.50. The Hall–Kier alpha value is -2.47. The predicted molar refractivity (Wildman–Crippen MR) is 90.5 cm³/mol. The molecule has 2 atom stereocenters. The van der Waals surface area contributed by atoms with Gasteiger partial charge in [-0.05, 0) is 50.1 Å². The largest absolute Gasteiger partial charge is 0.490 e. The monoisotopic (exact) mass is 349 g/mol. The minimum Gasteiger partial charge on any atom is -0.490 e. The maximum absolute atomic E-state index is 13.8. The lowest BCUT2D eigenvalue weighted by molar-refractivity contribution is 0.0912. The highest BCUT2D eigenvalue weighted by Gasteiger charge is 2.20. The van der Waals surface area contributed by atoms with Gasteiger partial charge in [0.2, 0.25) is 0 Å². The summed E-state index contributed by atoms with van der Waals surface area (Å²) in [6, 6.07) is 9.28. The van der Waals surface area contributed by atoms with Crippen LogP contribution in [0.1, 0.15) is 42.3 Å². The second-order valence-electron chi connectivity index (χ2n) is 5.73. The first kappa shape index (κ1) is 18.9. The Balaban J connectivity index is 2.03. The summed E-state index contributed by atoms with van der Waals surface area (Å²) in [5.74, 6) is -1.56. The van der Waals surface area contributed by atoms with Crippen LogP contribution in [0.4, 0.5) is 8.78 Å². The average Bonchev–Trinajstić information content (AvgIpc) is 2.57. The first-order valence-corrected chi connectivity index (χ1v) is 8.08. The number of hydrogen-bond donors (Lipinski definition) is 2. The third-order valence-corrected chi connectivity index (χ3v) is 3.71. The van der Waals surface area contributed by atoms with E-state index in [0.717, 1.165) is 0 Å². The fourth-order valence-electron chi connectivity index (χ4n) is 2.50. The Kier molecular flexibility index (Phi) is 6.47. The number of rotatable bonds is 7. The van der Waals surface area contributed by atoms with Crippen molar-refractivity contribution in [2.75, 3.05) is 6.61 Å². The van der Waals surface area contributed by atoms with Crippen molar-refractivity contribution in [2.24, 2.45) is 0 Å². The van der Waals surface area contributed by atoms with Crippen molar-refractivity contribution >= 4 is 5.91 Å². The van der Waals surface area contributed by atoms with E-state index in [2.05, 4.69) is 5.32 Å². The van der Waals surface area contributed by atoms with Crippen LogP contribution in [0.25, 0.3) is 0 Å². The summed E-state index contributed by atoms with van der Waals surface area (Å²) in [7, 11) is 0. The molecule has 0 saturated carbocycles. The molecular weight excluding hydrogens is 328 g/mol. The van der Waals surface area contributed by atoms with Gasteiger partial charge in [0, 0.05) is 6.04 Å². The lowest BCUT2D eigenvalue weighted by Crippen LogP contribution is -2.34. The highest BCUT2D eigenvalue weighted by Crippen LogP contribution is 2.23. The van der Waals surface area contributed by atoms with Crippen LogP contribution < -0.4 is 10.1 Å². The number of aliphatic hydroxyl groups is 1. The summed E-state index contributed by atoms with van der Waals surface area (Å²) in [5.41, 5.74) is 0.660. The molecule has 1 amide bonds. The van der Waals surface area contributed by atoms with Gasteiger partial charge < -0.3 is 15.2 Å². The Morgan fingerprint density at radius 1 is 1.20 bits per heavy atom. The Bertz CT molecular complexity index is 719. The molecule has 2 N–H and O–H groups in total. The molecule has 0 aliphatic heterocycles. The van der Waals surface area contributed by atoms with Gasteiger partial charge in [-0.15, -0.1) is 0 Å². The zero-order chi connectivity index (χ0) is 18.4. The summed E-state index contributed by atoms with van der Waals surface area (Å²) in [6.07, 6.45) is -0.619. The Morgan fingerprint density at radius 3 is 2.52 bits per heavy atom. The average molecular weight is 349 g/mol. The van der Waals surface area contributed by atoms with Gasteiger partial charge in [0.05, 0.1) is 18.3 Å². The van der Waals surface area contributed by atoms with Crippen molar-refractivity contribution in [1.29, 1.82) is 0 Å². The SMILES string of the molecule is CCOc1c(F)cccc1C(=O)NC(C)CC(O)c1ccc(F)cc1. The van der Waals surface area contributed by atoms with E-state index >= 15 is 0 Å². The van der Waals surface area contributed by atoms with E-state index in [4.69, 9.17) is 4.74 Å². The molecule has 25 heavy (non-hydrogen) atoms.